The number of hydrogen-bond acceptors (Lipinski definition) is 5. The van der Waals surface area contributed by atoms with E-state index in [-0.39, 0.29) is 15.9 Å². The zero-order valence-electron chi connectivity index (χ0n) is 14.6. The van der Waals surface area contributed by atoms with E-state index in [1.165, 1.54) is 19.1 Å². The van der Waals surface area contributed by atoms with Crippen LogP contribution in [0.3, 0.4) is 0 Å². The van der Waals surface area contributed by atoms with E-state index < -0.39 is 15.9 Å². The van der Waals surface area contributed by atoms with Crippen molar-refractivity contribution in [2.45, 2.75) is 30.0 Å². The molecule has 1 unspecified atom stereocenters. The number of amides is 1. The molecule has 2 aromatic carbocycles. The smallest absolute Gasteiger partial charge is 0.217 e. The van der Waals surface area contributed by atoms with Crippen LogP contribution in [0.25, 0.3) is 0 Å². The average Bonchev–Trinajstić information content (AvgIpc) is 2.59. The van der Waals surface area contributed by atoms with Crippen LogP contribution in [-0.4, -0.2) is 31.7 Å². The average molecular weight is 392 g/mol. The second-order valence-electron chi connectivity index (χ2n) is 5.97. The van der Waals surface area contributed by atoms with Gasteiger partial charge in [0.15, 0.2) is 9.84 Å². The van der Waals surface area contributed by atoms with Crippen LogP contribution in [0.15, 0.2) is 59.5 Å². The van der Waals surface area contributed by atoms with Gasteiger partial charge < -0.3 is 5.32 Å². The minimum absolute atomic E-state index is 0.128. The maximum absolute atomic E-state index is 12.5. The van der Waals surface area contributed by atoms with Crippen LogP contribution in [0, 0.1) is 0 Å². The van der Waals surface area contributed by atoms with E-state index in [1.54, 1.807) is 12.1 Å². The Bertz CT molecular complexity index is 862. The van der Waals surface area contributed by atoms with Crippen LogP contribution < -0.4 is 5.32 Å². The molecule has 0 aliphatic heterocycles. The zero-order chi connectivity index (χ0) is 19.2. The monoisotopic (exact) mass is 391 g/mol. The molecule has 0 spiro atoms. The van der Waals surface area contributed by atoms with E-state index in [9.17, 15) is 18.0 Å². The molecule has 26 heavy (non-hydrogen) atoms. The normalized spacial score (nSPS) is 12.4. The van der Waals surface area contributed by atoms with Crippen molar-refractivity contribution >= 4 is 32.6 Å². The van der Waals surface area contributed by atoms with Gasteiger partial charge >= 0.3 is 0 Å². The van der Waals surface area contributed by atoms with E-state index in [0.29, 0.717) is 12.2 Å². The SMILES string of the molecule is CC(=O)NC(Cc1ccccc1)C(=O)SCc1ccc(S(C)(=O)=O)cc1. The third-order valence-electron chi connectivity index (χ3n) is 3.68. The first kappa shape index (κ1) is 20.2. The highest BCUT2D eigenvalue weighted by molar-refractivity contribution is 8.13. The Morgan fingerprint density at radius 3 is 2.15 bits per heavy atom. The highest BCUT2D eigenvalue weighted by Gasteiger charge is 2.20. The quantitative estimate of drug-likeness (QED) is 0.785. The Kier molecular flexibility index (Phi) is 6.99. The molecule has 1 amide bonds. The lowest BCUT2D eigenvalue weighted by Gasteiger charge is -2.16. The molecule has 0 saturated carbocycles. The molecule has 5 nitrogen and oxygen atoms in total. The Hall–Kier alpha value is -2.12. The summed E-state index contributed by atoms with van der Waals surface area (Å²) < 4.78 is 23.0. The summed E-state index contributed by atoms with van der Waals surface area (Å²) in [7, 11) is -3.23. The Morgan fingerprint density at radius 1 is 1.00 bits per heavy atom. The molecule has 1 N–H and O–H groups in total. The molecule has 2 rings (SSSR count). The van der Waals surface area contributed by atoms with Crippen molar-refractivity contribution in [1.82, 2.24) is 5.32 Å². The molecular weight excluding hydrogens is 370 g/mol. The third-order valence-corrected chi connectivity index (χ3v) is 5.85. The number of carbonyl (C=O) groups is 2. The standard InChI is InChI=1S/C19H21NO4S2/c1-14(21)20-18(12-15-6-4-3-5-7-15)19(22)25-13-16-8-10-17(11-9-16)26(2,23)24/h3-11,18H,12-13H2,1-2H3,(H,20,21). The van der Waals surface area contributed by atoms with Crippen LogP contribution in [-0.2, 0) is 31.6 Å². The minimum Gasteiger partial charge on any atom is -0.345 e. The van der Waals surface area contributed by atoms with Gasteiger partial charge in [-0.05, 0) is 23.3 Å². The maximum atomic E-state index is 12.5. The van der Waals surface area contributed by atoms with Gasteiger partial charge in [0.05, 0.1) is 4.90 Å². The molecule has 138 valence electrons. The van der Waals surface area contributed by atoms with Gasteiger partial charge in [0, 0.05) is 25.4 Å². The number of sulfone groups is 1. The second-order valence-corrected chi connectivity index (χ2v) is 8.96. The molecule has 2 aromatic rings. The van der Waals surface area contributed by atoms with Crippen molar-refractivity contribution in [3.63, 3.8) is 0 Å². The zero-order valence-corrected chi connectivity index (χ0v) is 16.3. The lowest BCUT2D eigenvalue weighted by molar-refractivity contribution is -0.123. The maximum Gasteiger partial charge on any atom is 0.217 e. The van der Waals surface area contributed by atoms with E-state index >= 15 is 0 Å². The molecule has 0 aromatic heterocycles. The number of hydrogen-bond donors (Lipinski definition) is 1. The summed E-state index contributed by atoms with van der Waals surface area (Å²) in [5.41, 5.74) is 1.81. The molecule has 0 heterocycles. The number of thioether (sulfide) groups is 1. The van der Waals surface area contributed by atoms with Gasteiger partial charge in [-0.2, -0.15) is 0 Å². The van der Waals surface area contributed by atoms with Crippen LogP contribution in [0.1, 0.15) is 18.1 Å². The van der Waals surface area contributed by atoms with Crippen molar-refractivity contribution < 1.29 is 18.0 Å². The van der Waals surface area contributed by atoms with Gasteiger partial charge in [0.25, 0.3) is 0 Å². The van der Waals surface area contributed by atoms with E-state index in [1.807, 2.05) is 30.3 Å². The fourth-order valence-electron chi connectivity index (χ4n) is 2.38. The summed E-state index contributed by atoms with van der Waals surface area (Å²) in [6.45, 7) is 1.39. The summed E-state index contributed by atoms with van der Waals surface area (Å²) >= 11 is 1.11. The molecule has 1 atom stereocenters. The van der Waals surface area contributed by atoms with E-state index in [0.717, 1.165) is 29.1 Å². The highest BCUT2D eigenvalue weighted by atomic mass is 32.2. The second kappa shape index (κ2) is 9.00. The van der Waals surface area contributed by atoms with Gasteiger partial charge in [-0.25, -0.2) is 8.42 Å². The number of nitrogens with one attached hydrogen (secondary N) is 1. The Labute approximate surface area is 158 Å². The van der Waals surface area contributed by atoms with Crippen molar-refractivity contribution in [3.8, 4) is 0 Å². The largest absolute Gasteiger partial charge is 0.345 e. The fraction of sp³-hybridized carbons (Fsp3) is 0.263. The van der Waals surface area contributed by atoms with Crippen LogP contribution >= 0.6 is 11.8 Å². The van der Waals surface area contributed by atoms with Gasteiger partial charge in [-0.3, -0.25) is 9.59 Å². The molecule has 0 saturated heterocycles. The fourth-order valence-corrected chi connectivity index (χ4v) is 3.85. The summed E-state index contributed by atoms with van der Waals surface area (Å²) in [5.74, 6) is 0.158. The first-order valence-electron chi connectivity index (χ1n) is 8.02. The van der Waals surface area contributed by atoms with Gasteiger partial charge in [0.2, 0.25) is 11.0 Å². The third kappa shape index (κ3) is 6.31. The summed E-state index contributed by atoms with van der Waals surface area (Å²) in [6, 6.07) is 15.4. The predicted octanol–water partition coefficient (Wildman–Crippen LogP) is 2.60. The number of carbonyl (C=O) groups excluding carboxylic acids is 2. The Morgan fingerprint density at radius 2 is 1.62 bits per heavy atom. The molecule has 0 bridgehead atoms. The van der Waals surface area contributed by atoms with Crippen molar-refractivity contribution in [3.05, 3.63) is 65.7 Å². The molecular formula is C19H21NO4S2. The van der Waals surface area contributed by atoms with E-state index in [2.05, 4.69) is 5.32 Å². The molecule has 0 radical (unpaired) electrons. The Balaban J connectivity index is 2.01. The van der Waals surface area contributed by atoms with Gasteiger partial charge in [-0.1, -0.05) is 54.2 Å². The lowest BCUT2D eigenvalue weighted by Crippen LogP contribution is -2.40. The molecule has 7 heteroatoms. The summed E-state index contributed by atoms with van der Waals surface area (Å²) in [4.78, 5) is 24.2. The summed E-state index contributed by atoms with van der Waals surface area (Å²) in [6.07, 6.45) is 1.58. The van der Waals surface area contributed by atoms with Gasteiger partial charge in [0.1, 0.15) is 6.04 Å². The van der Waals surface area contributed by atoms with Crippen molar-refractivity contribution in [2.75, 3.05) is 6.26 Å². The molecule has 0 fully saturated rings. The van der Waals surface area contributed by atoms with Crippen LogP contribution in [0.2, 0.25) is 0 Å². The van der Waals surface area contributed by atoms with Gasteiger partial charge in [-0.15, -0.1) is 0 Å². The number of rotatable bonds is 7. The lowest BCUT2D eigenvalue weighted by atomic mass is 10.1. The minimum atomic E-state index is -3.23. The van der Waals surface area contributed by atoms with Crippen molar-refractivity contribution in [1.29, 1.82) is 0 Å². The van der Waals surface area contributed by atoms with Crippen LogP contribution in [0.5, 0.6) is 0 Å². The molecule has 0 aliphatic carbocycles. The molecule has 0 aliphatic rings. The summed E-state index contributed by atoms with van der Waals surface area (Å²) in [5, 5.41) is 2.58. The predicted molar refractivity (Wildman–Crippen MR) is 104 cm³/mol. The first-order valence-corrected chi connectivity index (χ1v) is 10.9. The van der Waals surface area contributed by atoms with Crippen molar-refractivity contribution in [2.24, 2.45) is 0 Å². The van der Waals surface area contributed by atoms with E-state index in [4.69, 9.17) is 0 Å². The topological polar surface area (TPSA) is 80.3 Å². The highest BCUT2D eigenvalue weighted by Crippen LogP contribution is 2.19. The van der Waals surface area contributed by atoms with Crippen LogP contribution in [0.4, 0.5) is 0 Å². The number of benzene rings is 2. The first-order chi connectivity index (χ1) is 12.3.